The fraction of sp³-hybridized carbons (Fsp3) is 0.333. The highest BCUT2D eigenvalue weighted by atomic mass is 32.1. The molecule has 0 aliphatic carbocycles. The maximum Gasteiger partial charge on any atom is 0.193 e. The molecule has 0 amide bonds. The van der Waals surface area contributed by atoms with Crippen LogP contribution in [0, 0.1) is 0 Å². The summed E-state index contributed by atoms with van der Waals surface area (Å²) in [5, 5.41) is 19.1. The largest absolute Gasteiger partial charge is 0.384 e. The minimum Gasteiger partial charge on any atom is -0.384 e. The van der Waals surface area contributed by atoms with Crippen LogP contribution in [0.5, 0.6) is 0 Å². The van der Waals surface area contributed by atoms with E-state index in [9.17, 15) is 5.11 Å². The van der Waals surface area contributed by atoms with E-state index in [-0.39, 0.29) is 0 Å². The summed E-state index contributed by atoms with van der Waals surface area (Å²) in [5.41, 5.74) is 0.806. The van der Waals surface area contributed by atoms with Gasteiger partial charge in [0.25, 0.3) is 0 Å². The van der Waals surface area contributed by atoms with Gasteiger partial charge in [-0.05, 0) is 19.4 Å². The number of guanidine groups is 1. The Labute approximate surface area is 151 Å². The minimum atomic E-state index is -0.978. The van der Waals surface area contributed by atoms with E-state index in [1.165, 1.54) is 0 Å². The van der Waals surface area contributed by atoms with Crippen molar-refractivity contribution in [2.24, 2.45) is 4.99 Å². The molecule has 0 aliphatic heterocycles. The van der Waals surface area contributed by atoms with Crippen LogP contribution in [0.15, 0.2) is 53.1 Å². The normalized spacial score (nSPS) is 14.4. The lowest BCUT2D eigenvalue weighted by molar-refractivity contribution is 0.0617. The maximum absolute atomic E-state index is 10.7. The molecule has 0 aliphatic rings. The third kappa shape index (κ3) is 4.37. The van der Waals surface area contributed by atoms with Crippen molar-refractivity contribution in [3.8, 4) is 0 Å². The Morgan fingerprint density at radius 3 is 2.84 bits per heavy atom. The van der Waals surface area contributed by atoms with Crippen molar-refractivity contribution in [3.05, 3.63) is 59.4 Å². The quantitative estimate of drug-likeness (QED) is 0.468. The summed E-state index contributed by atoms with van der Waals surface area (Å²) in [5.74, 6) is 0.662. The predicted molar refractivity (Wildman–Crippen MR) is 102 cm³/mol. The summed E-state index contributed by atoms with van der Waals surface area (Å²) in [6.45, 7) is 5.40. The molecule has 7 heteroatoms. The van der Waals surface area contributed by atoms with Gasteiger partial charge in [0.05, 0.1) is 18.8 Å². The fourth-order valence-corrected chi connectivity index (χ4v) is 3.23. The number of aliphatic hydroxyl groups is 1. The number of rotatable bonds is 6. The van der Waals surface area contributed by atoms with E-state index >= 15 is 0 Å². The standard InChI is InChI=1S/C18H23N5OS/c1-3-19-16(20-11-15-12-23-9-10-25-17(23)22-15)21-13-18(2,24)14-7-5-4-6-8-14/h4-10,12,24H,3,11,13H2,1-2H3,(H2,19,20,21). The Morgan fingerprint density at radius 1 is 1.32 bits per heavy atom. The molecular weight excluding hydrogens is 334 g/mol. The first-order chi connectivity index (χ1) is 12.1. The number of thiazole rings is 1. The van der Waals surface area contributed by atoms with E-state index in [1.807, 2.05) is 59.4 Å². The molecule has 1 atom stereocenters. The molecule has 0 saturated heterocycles. The molecular formula is C18H23N5OS. The number of nitrogens with zero attached hydrogens (tertiary/aromatic N) is 3. The summed E-state index contributed by atoms with van der Waals surface area (Å²) >= 11 is 1.60. The Morgan fingerprint density at radius 2 is 2.12 bits per heavy atom. The monoisotopic (exact) mass is 357 g/mol. The van der Waals surface area contributed by atoms with Crippen molar-refractivity contribution in [2.75, 3.05) is 13.1 Å². The molecule has 0 bridgehead atoms. The molecule has 0 radical (unpaired) electrons. The van der Waals surface area contributed by atoms with Crippen molar-refractivity contribution >= 4 is 22.3 Å². The lowest BCUT2D eigenvalue weighted by Crippen LogP contribution is -2.44. The van der Waals surface area contributed by atoms with Crippen molar-refractivity contribution < 1.29 is 5.11 Å². The summed E-state index contributed by atoms with van der Waals surface area (Å²) < 4.78 is 2.00. The third-order valence-corrected chi connectivity index (χ3v) is 4.65. The van der Waals surface area contributed by atoms with Crippen LogP contribution >= 0.6 is 11.3 Å². The zero-order chi connectivity index (χ0) is 17.7. The van der Waals surface area contributed by atoms with Gasteiger partial charge in [-0.1, -0.05) is 30.3 Å². The van der Waals surface area contributed by atoms with Gasteiger partial charge in [-0.2, -0.15) is 0 Å². The Balaban J connectivity index is 1.65. The highest BCUT2D eigenvalue weighted by Crippen LogP contribution is 2.18. The summed E-state index contributed by atoms with van der Waals surface area (Å²) in [4.78, 5) is 10.1. The predicted octanol–water partition coefficient (Wildman–Crippen LogP) is 2.36. The van der Waals surface area contributed by atoms with Crippen molar-refractivity contribution in [1.29, 1.82) is 0 Å². The average Bonchev–Trinajstić information content (AvgIpc) is 3.20. The van der Waals surface area contributed by atoms with Gasteiger partial charge in [-0.15, -0.1) is 11.3 Å². The van der Waals surface area contributed by atoms with E-state index in [1.54, 1.807) is 18.3 Å². The Bertz CT molecular complexity index is 809. The Kier molecular flexibility index (Phi) is 5.35. The van der Waals surface area contributed by atoms with Crippen LogP contribution in [0.25, 0.3) is 4.96 Å². The molecule has 3 N–H and O–H groups in total. The minimum absolute atomic E-state index is 0.362. The topological polar surface area (TPSA) is 74.0 Å². The van der Waals surface area contributed by atoms with Crippen LogP contribution in [-0.2, 0) is 12.1 Å². The van der Waals surface area contributed by atoms with Gasteiger partial charge >= 0.3 is 0 Å². The van der Waals surface area contributed by atoms with Gasteiger partial charge in [0.15, 0.2) is 10.9 Å². The molecule has 132 valence electrons. The van der Waals surface area contributed by atoms with Crippen molar-refractivity contribution in [3.63, 3.8) is 0 Å². The molecule has 2 heterocycles. The van der Waals surface area contributed by atoms with Crippen molar-refractivity contribution in [1.82, 2.24) is 20.0 Å². The van der Waals surface area contributed by atoms with Crippen LogP contribution in [-0.4, -0.2) is 33.5 Å². The number of hydrogen-bond acceptors (Lipinski definition) is 4. The summed E-state index contributed by atoms with van der Waals surface area (Å²) in [6, 6.07) is 9.63. The molecule has 2 aromatic heterocycles. The van der Waals surface area contributed by atoms with Crippen LogP contribution in [0.1, 0.15) is 25.1 Å². The first-order valence-corrected chi connectivity index (χ1v) is 9.17. The first-order valence-electron chi connectivity index (χ1n) is 8.29. The number of fused-ring (bicyclic) bond motifs is 1. The molecule has 6 nitrogen and oxygen atoms in total. The van der Waals surface area contributed by atoms with Gasteiger partial charge in [0, 0.05) is 24.3 Å². The second-order valence-electron chi connectivity index (χ2n) is 6.01. The molecule has 0 fully saturated rings. The van der Waals surface area contributed by atoms with E-state index in [0.717, 1.165) is 22.8 Å². The van der Waals surface area contributed by atoms with E-state index in [2.05, 4.69) is 20.6 Å². The highest BCUT2D eigenvalue weighted by molar-refractivity contribution is 7.15. The molecule has 25 heavy (non-hydrogen) atoms. The van der Waals surface area contributed by atoms with Gasteiger partial charge in [0.2, 0.25) is 0 Å². The lowest BCUT2D eigenvalue weighted by atomic mass is 9.96. The highest BCUT2D eigenvalue weighted by Gasteiger charge is 2.22. The lowest BCUT2D eigenvalue weighted by Gasteiger charge is -2.25. The molecule has 0 saturated carbocycles. The van der Waals surface area contributed by atoms with Crippen LogP contribution in [0.4, 0.5) is 0 Å². The maximum atomic E-state index is 10.7. The summed E-state index contributed by atoms with van der Waals surface area (Å²) in [6.07, 6.45) is 3.97. The van der Waals surface area contributed by atoms with Crippen LogP contribution in [0.2, 0.25) is 0 Å². The third-order valence-electron chi connectivity index (χ3n) is 3.88. The Hall–Kier alpha value is -2.38. The van der Waals surface area contributed by atoms with Gasteiger partial charge in [-0.3, -0.25) is 4.40 Å². The van der Waals surface area contributed by atoms with Crippen LogP contribution < -0.4 is 10.6 Å². The second kappa shape index (κ2) is 7.67. The van der Waals surface area contributed by atoms with E-state index in [0.29, 0.717) is 19.0 Å². The molecule has 1 unspecified atom stereocenters. The number of aliphatic imine (C=N–C) groups is 1. The molecule has 1 aromatic carbocycles. The number of nitrogens with one attached hydrogen (secondary N) is 2. The number of benzene rings is 1. The first kappa shape index (κ1) is 17.4. The van der Waals surface area contributed by atoms with Crippen molar-refractivity contribution in [2.45, 2.75) is 26.0 Å². The average molecular weight is 357 g/mol. The van der Waals surface area contributed by atoms with Gasteiger partial charge in [-0.25, -0.2) is 9.98 Å². The number of hydrogen-bond donors (Lipinski definition) is 3. The van der Waals surface area contributed by atoms with E-state index < -0.39 is 5.60 Å². The van der Waals surface area contributed by atoms with E-state index in [4.69, 9.17) is 0 Å². The summed E-state index contributed by atoms with van der Waals surface area (Å²) in [7, 11) is 0. The number of imidazole rings is 1. The zero-order valence-corrected chi connectivity index (χ0v) is 15.3. The molecule has 3 rings (SSSR count). The molecule has 0 spiro atoms. The SMILES string of the molecule is CCNC(=NCc1cn2ccsc2n1)NCC(C)(O)c1ccccc1. The second-order valence-corrected chi connectivity index (χ2v) is 6.89. The molecule has 3 aromatic rings. The smallest absolute Gasteiger partial charge is 0.193 e. The fourth-order valence-electron chi connectivity index (χ4n) is 2.51. The zero-order valence-electron chi connectivity index (χ0n) is 14.4. The van der Waals surface area contributed by atoms with Gasteiger partial charge < -0.3 is 15.7 Å². The van der Waals surface area contributed by atoms with Gasteiger partial charge in [0.1, 0.15) is 5.60 Å². The van der Waals surface area contributed by atoms with Crippen LogP contribution in [0.3, 0.4) is 0 Å². The number of aromatic nitrogens is 2.